The fraction of sp³-hybridized carbons (Fsp3) is 0.755. The fourth-order valence-electron chi connectivity index (χ4n) is 10.5. The standard InChI is InChI=1S/C53H84NO14P/c1-32-18-14-13-15-19-33(2)44(63-8)30-40-23-21-38(7)53(61,67-40)50(58)51(59)54-25-17-16-20-41(54)52(60)66-45(35(4)28-39-22-24-43(46(29-39)64-9)68-69(11,12)62)31-42(55)34(3)27-37(6)48(57)49(65-10)47(56)36(5)26-32/h13-15,18-19,27,32,34-36,38-41,43-46,48-49,57,61H,16-17,20-26,28-31H2,1-12H3/b15-13+,18-14+,33-19-,37-27+/t32-,34+,35+,36+,38-,39-,40+,41+,43-,44+,45-,46+,48-,49+,53+/m0/s1. The average Bonchev–Trinajstić information content (AvgIpc) is 3.30. The maximum atomic E-state index is 14.5. The molecule has 3 aliphatic heterocycles. The number of methoxy groups -OCH3 is 3. The van der Waals surface area contributed by atoms with E-state index >= 15 is 0 Å². The summed E-state index contributed by atoms with van der Waals surface area (Å²) in [6.45, 7) is 15.9. The van der Waals surface area contributed by atoms with E-state index in [0.29, 0.717) is 63.4 Å². The lowest BCUT2D eigenvalue weighted by Gasteiger charge is -2.42. The summed E-state index contributed by atoms with van der Waals surface area (Å²) in [6.07, 6.45) is 11.4. The van der Waals surface area contributed by atoms with Crippen LogP contribution in [0, 0.1) is 35.5 Å². The summed E-state index contributed by atoms with van der Waals surface area (Å²) in [7, 11) is 1.76. The molecule has 2 saturated heterocycles. The molecule has 0 aromatic rings. The van der Waals surface area contributed by atoms with Gasteiger partial charge in [-0.15, -0.1) is 0 Å². The van der Waals surface area contributed by atoms with Crippen molar-refractivity contribution in [3.63, 3.8) is 0 Å². The van der Waals surface area contributed by atoms with Crippen LogP contribution in [0.15, 0.2) is 47.6 Å². The molecule has 390 valence electrons. The molecule has 3 heterocycles. The number of allylic oxidation sites excluding steroid dienone is 6. The SMILES string of the molecule is CO[C@@H]1C(=O)[C@H](C)C[C@@H](C)/C=C/C=C/C=C(/C)[C@H](OC)C[C@H]2CC[C@H](C)[C@@](O)(O2)C(=O)C(=O)N2CCCC[C@@H]2C(=O)O[C@H]([C@H](C)C[C@@H]2CC[C@H](OP(C)(C)=O)[C@H](OC)C2)CC(=O)[C@H](C)/C=C(\C)[C@@H]1O. The zero-order valence-corrected chi connectivity index (χ0v) is 44.3. The number of hydrogen-bond acceptors (Lipinski definition) is 14. The van der Waals surface area contributed by atoms with Crippen molar-refractivity contribution in [2.24, 2.45) is 35.5 Å². The molecular weight excluding hydrogens is 906 g/mol. The third kappa shape index (κ3) is 16.2. The molecule has 15 atom stereocenters. The van der Waals surface area contributed by atoms with Gasteiger partial charge in [0.25, 0.3) is 11.7 Å². The molecule has 0 aromatic heterocycles. The smallest absolute Gasteiger partial charge is 0.329 e. The van der Waals surface area contributed by atoms with Crippen LogP contribution in [0.5, 0.6) is 0 Å². The summed E-state index contributed by atoms with van der Waals surface area (Å²) >= 11 is 0. The zero-order valence-electron chi connectivity index (χ0n) is 43.4. The molecule has 2 bridgehead atoms. The topological polar surface area (TPSA) is 201 Å². The highest BCUT2D eigenvalue weighted by Crippen LogP contribution is 2.45. The number of cyclic esters (lactones) is 1. The minimum absolute atomic E-state index is 0.0117. The Morgan fingerprint density at radius 3 is 2.22 bits per heavy atom. The molecule has 1 saturated carbocycles. The number of aliphatic hydroxyl groups excluding tert-OH is 1. The monoisotopic (exact) mass is 990 g/mol. The molecule has 0 radical (unpaired) electrons. The van der Waals surface area contributed by atoms with Crippen molar-refractivity contribution in [3.05, 3.63) is 47.6 Å². The van der Waals surface area contributed by atoms with Gasteiger partial charge in [-0.05, 0) is 107 Å². The minimum Gasteiger partial charge on any atom is -0.460 e. The molecule has 0 aromatic carbocycles. The summed E-state index contributed by atoms with van der Waals surface area (Å²) in [5.74, 6) is -8.11. The van der Waals surface area contributed by atoms with Gasteiger partial charge in [0.15, 0.2) is 13.2 Å². The number of ether oxygens (including phenoxy) is 5. The second-order valence-corrected chi connectivity index (χ2v) is 23.6. The number of aliphatic hydroxyl groups is 2. The van der Waals surface area contributed by atoms with Crippen LogP contribution in [0.25, 0.3) is 0 Å². The van der Waals surface area contributed by atoms with Gasteiger partial charge in [0.1, 0.15) is 30.1 Å². The predicted octanol–water partition coefficient (Wildman–Crippen LogP) is 7.74. The molecule has 1 amide bonds. The summed E-state index contributed by atoms with van der Waals surface area (Å²) in [6, 6.07) is -1.16. The van der Waals surface area contributed by atoms with Crippen LogP contribution in [-0.2, 0) is 56.7 Å². The highest BCUT2D eigenvalue weighted by molar-refractivity contribution is 7.57. The number of carbonyl (C=O) groups is 5. The molecule has 0 spiro atoms. The Bertz CT molecular complexity index is 1940. The van der Waals surface area contributed by atoms with E-state index in [1.807, 2.05) is 58.1 Å². The highest BCUT2D eigenvalue weighted by Gasteiger charge is 2.53. The Kier molecular flexibility index (Phi) is 22.5. The molecule has 4 aliphatic rings. The Hall–Kier alpha value is -3.14. The lowest BCUT2D eigenvalue weighted by atomic mass is 9.78. The van der Waals surface area contributed by atoms with Crippen LogP contribution < -0.4 is 0 Å². The van der Waals surface area contributed by atoms with Crippen molar-refractivity contribution in [2.45, 2.75) is 180 Å². The number of hydrogen-bond donors (Lipinski definition) is 2. The van der Waals surface area contributed by atoms with Crippen molar-refractivity contribution in [1.29, 1.82) is 0 Å². The summed E-state index contributed by atoms with van der Waals surface area (Å²) < 4.78 is 48.2. The van der Waals surface area contributed by atoms with Gasteiger partial charge >= 0.3 is 5.97 Å². The maximum Gasteiger partial charge on any atom is 0.329 e. The molecule has 2 N–H and O–H groups in total. The molecule has 4 rings (SSSR count). The first-order chi connectivity index (χ1) is 32.4. The zero-order chi connectivity index (χ0) is 51.4. The van der Waals surface area contributed by atoms with Crippen molar-refractivity contribution in [2.75, 3.05) is 41.2 Å². The first-order valence-electron chi connectivity index (χ1n) is 25.2. The number of rotatable bonds is 8. The van der Waals surface area contributed by atoms with Gasteiger partial charge in [0.2, 0.25) is 5.79 Å². The number of fused-ring (bicyclic) bond motifs is 3. The summed E-state index contributed by atoms with van der Waals surface area (Å²) in [5.41, 5.74) is 1.25. The Morgan fingerprint density at radius 2 is 1.57 bits per heavy atom. The average molecular weight is 990 g/mol. The van der Waals surface area contributed by atoms with E-state index in [1.165, 1.54) is 12.0 Å². The fourth-order valence-corrected chi connectivity index (χ4v) is 11.4. The molecule has 16 heteroatoms. The van der Waals surface area contributed by atoms with E-state index in [1.54, 1.807) is 54.4 Å². The van der Waals surface area contributed by atoms with E-state index in [9.17, 15) is 38.8 Å². The van der Waals surface area contributed by atoms with Gasteiger partial charge in [0.05, 0.1) is 24.4 Å². The van der Waals surface area contributed by atoms with E-state index in [2.05, 4.69) is 0 Å². The molecule has 3 fully saturated rings. The highest BCUT2D eigenvalue weighted by atomic mass is 31.2. The maximum absolute atomic E-state index is 14.5. The van der Waals surface area contributed by atoms with Crippen molar-refractivity contribution < 1.29 is 67.0 Å². The van der Waals surface area contributed by atoms with Gasteiger partial charge in [-0.2, -0.15) is 0 Å². The van der Waals surface area contributed by atoms with E-state index in [4.69, 9.17) is 28.2 Å². The third-order valence-electron chi connectivity index (χ3n) is 14.8. The molecule has 1 aliphatic carbocycles. The van der Waals surface area contributed by atoms with Crippen molar-refractivity contribution in [3.8, 4) is 0 Å². The second kappa shape index (κ2) is 26.5. The molecule has 15 nitrogen and oxygen atoms in total. The van der Waals surface area contributed by atoms with Crippen LogP contribution in [0.2, 0.25) is 0 Å². The first-order valence-corrected chi connectivity index (χ1v) is 27.7. The van der Waals surface area contributed by atoms with E-state index in [-0.39, 0.29) is 60.9 Å². The quantitative estimate of drug-likeness (QED) is 0.104. The van der Waals surface area contributed by atoms with E-state index < -0.39 is 85.1 Å². The normalized spacial score (nSPS) is 39.0. The number of piperidine rings is 1. The van der Waals surface area contributed by atoms with Gasteiger partial charge in [-0.1, -0.05) is 71.1 Å². The van der Waals surface area contributed by atoms with Gasteiger partial charge < -0.3 is 43.3 Å². The number of amides is 1. The summed E-state index contributed by atoms with van der Waals surface area (Å²) in [4.78, 5) is 72.2. The summed E-state index contributed by atoms with van der Waals surface area (Å²) in [5, 5.41) is 23.5. The van der Waals surface area contributed by atoms with Crippen LogP contribution in [0.3, 0.4) is 0 Å². The molecule has 69 heavy (non-hydrogen) atoms. The van der Waals surface area contributed by atoms with Crippen LogP contribution in [0.1, 0.15) is 126 Å². The van der Waals surface area contributed by atoms with E-state index in [0.717, 1.165) is 12.0 Å². The Labute approximate surface area is 411 Å². The molecular formula is C53H84NO14P. The van der Waals surface area contributed by atoms with Crippen LogP contribution in [-0.4, -0.2) is 140 Å². The number of carbonyl (C=O) groups excluding carboxylic acids is 5. The van der Waals surface area contributed by atoms with Gasteiger partial charge in [-0.3, -0.25) is 23.7 Å². The second-order valence-electron chi connectivity index (χ2n) is 20.9. The van der Waals surface area contributed by atoms with Crippen LogP contribution in [0.4, 0.5) is 0 Å². The largest absolute Gasteiger partial charge is 0.460 e. The van der Waals surface area contributed by atoms with Crippen molar-refractivity contribution in [1.82, 2.24) is 4.90 Å². The number of Topliss-reactive ketones (excluding diaryl/α,β-unsaturated/α-hetero) is 3. The Morgan fingerprint density at radius 1 is 0.855 bits per heavy atom. The Balaban J connectivity index is 1.70. The minimum atomic E-state index is -2.79. The predicted molar refractivity (Wildman–Crippen MR) is 263 cm³/mol. The lowest BCUT2D eigenvalue weighted by Crippen LogP contribution is -2.61. The van der Waals surface area contributed by atoms with Crippen molar-refractivity contribution >= 4 is 36.6 Å². The van der Waals surface area contributed by atoms with Gasteiger partial charge in [0, 0.05) is 71.8 Å². The third-order valence-corrected chi connectivity index (χ3v) is 15.6. The number of nitrogens with zero attached hydrogens (tertiary/aromatic N) is 1. The first kappa shape index (κ1) is 58.4. The number of ketones is 3. The van der Waals surface area contributed by atoms with Crippen LogP contribution >= 0.6 is 7.37 Å². The van der Waals surface area contributed by atoms with Gasteiger partial charge in [-0.25, -0.2) is 4.79 Å². The number of esters is 1. The lowest BCUT2D eigenvalue weighted by molar-refractivity contribution is -0.265. The molecule has 0 unspecified atom stereocenters.